The first-order chi connectivity index (χ1) is 12.8. The highest BCUT2D eigenvalue weighted by molar-refractivity contribution is 5.94. The Hall–Kier alpha value is -3.36. The molecule has 0 spiro atoms. The van der Waals surface area contributed by atoms with Crippen LogP contribution in [0, 0.1) is 11.6 Å². The molecule has 2 aromatic rings. The Balaban J connectivity index is 1.81. The zero-order valence-electron chi connectivity index (χ0n) is 13.6. The third-order valence-corrected chi connectivity index (χ3v) is 3.07. The van der Waals surface area contributed by atoms with Crippen molar-refractivity contribution in [3.8, 4) is 5.75 Å². The van der Waals surface area contributed by atoms with Gasteiger partial charge in [0.2, 0.25) is 0 Å². The van der Waals surface area contributed by atoms with E-state index < -0.39 is 36.7 Å². The fourth-order valence-corrected chi connectivity index (χ4v) is 1.89. The molecule has 2 aromatic carbocycles. The lowest BCUT2D eigenvalue weighted by atomic mass is 10.2. The Morgan fingerprint density at radius 1 is 1.07 bits per heavy atom. The van der Waals surface area contributed by atoms with Crippen molar-refractivity contribution in [2.75, 3.05) is 11.9 Å². The molecule has 0 aliphatic rings. The van der Waals surface area contributed by atoms with E-state index in [2.05, 4.69) is 14.8 Å². The van der Waals surface area contributed by atoms with Gasteiger partial charge < -0.3 is 14.8 Å². The van der Waals surface area contributed by atoms with Crippen LogP contribution in [0.3, 0.4) is 0 Å². The third-order valence-electron chi connectivity index (χ3n) is 3.07. The van der Waals surface area contributed by atoms with Crippen LogP contribution in [0.2, 0.25) is 0 Å². The van der Waals surface area contributed by atoms with Crippen molar-refractivity contribution in [1.29, 1.82) is 0 Å². The Kier molecular flexibility index (Phi) is 6.93. The number of carbonyl (C=O) groups is 2. The van der Waals surface area contributed by atoms with Crippen molar-refractivity contribution in [3.63, 3.8) is 0 Å². The fraction of sp³-hybridized carbons (Fsp3) is 0.111. The third kappa shape index (κ3) is 6.81. The van der Waals surface area contributed by atoms with E-state index in [1.54, 1.807) is 0 Å². The van der Waals surface area contributed by atoms with Crippen LogP contribution in [0.5, 0.6) is 5.75 Å². The molecule has 0 saturated carbocycles. The Labute approximate surface area is 151 Å². The molecule has 9 heteroatoms. The molecule has 0 atom stereocenters. The van der Waals surface area contributed by atoms with Crippen LogP contribution in [0.4, 0.5) is 23.2 Å². The monoisotopic (exact) mass is 383 g/mol. The lowest BCUT2D eigenvalue weighted by Crippen LogP contribution is -2.20. The van der Waals surface area contributed by atoms with Gasteiger partial charge in [0.05, 0.1) is 5.69 Å². The summed E-state index contributed by atoms with van der Waals surface area (Å²) in [4.78, 5) is 23.2. The summed E-state index contributed by atoms with van der Waals surface area (Å²) < 4.78 is 59.1. The molecule has 0 unspecified atom stereocenters. The molecular formula is C18H13F4NO4. The second kappa shape index (κ2) is 9.37. The first-order valence-corrected chi connectivity index (χ1v) is 7.48. The van der Waals surface area contributed by atoms with E-state index in [4.69, 9.17) is 0 Å². The van der Waals surface area contributed by atoms with E-state index in [0.29, 0.717) is 11.6 Å². The van der Waals surface area contributed by atoms with Gasteiger partial charge in [0.1, 0.15) is 17.4 Å². The molecule has 1 amide bonds. The molecule has 0 aromatic heterocycles. The first kappa shape index (κ1) is 20.0. The van der Waals surface area contributed by atoms with E-state index in [-0.39, 0.29) is 11.4 Å². The first-order valence-electron chi connectivity index (χ1n) is 7.48. The average molecular weight is 383 g/mol. The van der Waals surface area contributed by atoms with Crippen molar-refractivity contribution < 1.29 is 36.6 Å². The number of nitrogens with one attached hydrogen (secondary N) is 1. The van der Waals surface area contributed by atoms with Crippen molar-refractivity contribution in [2.45, 2.75) is 6.61 Å². The summed E-state index contributed by atoms with van der Waals surface area (Å²) in [7, 11) is 0. The largest absolute Gasteiger partial charge is 0.452 e. The van der Waals surface area contributed by atoms with Crippen LogP contribution in [0.1, 0.15) is 5.56 Å². The Morgan fingerprint density at radius 2 is 1.78 bits per heavy atom. The standard InChI is InChI=1S/C18H13F4NO4/c19-12-4-7-15(14(20)9-12)23-16(24)10-26-17(25)8-3-11-1-5-13(6-2-11)27-18(21)22/h1-9,18H,10H2,(H,23,24)/b8-3+. The summed E-state index contributed by atoms with van der Waals surface area (Å²) in [6, 6.07) is 8.06. The highest BCUT2D eigenvalue weighted by Crippen LogP contribution is 2.16. The smallest absolute Gasteiger partial charge is 0.387 e. The van der Waals surface area contributed by atoms with E-state index in [1.165, 1.54) is 30.3 Å². The minimum atomic E-state index is -2.93. The van der Waals surface area contributed by atoms with Crippen LogP contribution >= 0.6 is 0 Å². The summed E-state index contributed by atoms with van der Waals surface area (Å²) in [5.41, 5.74) is 0.255. The van der Waals surface area contributed by atoms with Crippen LogP contribution in [-0.2, 0) is 14.3 Å². The highest BCUT2D eigenvalue weighted by Gasteiger charge is 2.10. The predicted octanol–water partition coefficient (Wildman–Crippen LogP) is 3.76. The number of rotatable bonds is 7. The number of amides is 1. The zero-order valence-corrected chi connectivity index (χ0v) is 13.6. The second-order valence-corrected chi connectivity index (χ2v) is 5.06. The highest BCUT2D eigenvalue weighted by atomic mass is 19.3. The minimum Gasteiger partial charge on any atom is -0.452 e. The van der Waals surface area contributed by atoms with Gasteiger partial charge in [-0.1, -0.05) is 12.1 Å². The van der Waals surface area contributed by atoms with Crippen LogP contribution in [0.25, 0.3) is 6.08 Å². The molecule has 2 rings (SSSR count). The number of ether oxygens (including phenoxy) is 2. The summed E-state index contributed by atoms with van der Waals surface area (Å²) in [6.07, 6.45) is 2.36. The van der Waals surface area contributed by atoms with E-state index in [9.17, 15) is 27.2 Å². The van der Waals surface area contributed by atoms with E-state index in [1.807, 2.05) is 0 Å². The molecule has 1 N–H and O–H groups in total. The number of halogens is 4. The number of hydrogen-bond acceptors (Lipinski definition) is 4. The van der Waals surface area contributed by atoms with E-state index >= 15 is 0 Å². The fourth-order valence-electron chi connectivity index (χ4n) is 1.89. The maximum Gasteiger partial charge on any atom is 0.387 e. The quantitative estimate of drug-likeness (QED) is 0.449. The van der Waals surface area contributed by atoms with Crippen molar-refractivity contribution in [1.82, 2.24) is 0 Å². The van der Waals surface area contributed by atoms with Gasteiger partial charge in [0.25, 0.3) is 5.91 Å². The summed E-state index contributed by atoms with van der Waals surface area (Å²) in [5.74, 6) is -3.45. The normalized spacial score (nSPS) is 10.9. The van der Waals surface area contributed by atoms with Gasteiger partial charge in [0.15, 0.2) is 6.61 Å². The minimum absolute atomic E-state index is 0.0329. The summed E-state index contributed by atoms with van der Waals surface area (Å²) >= 11 is 0. The number of hydrogen-bond donors (Lipinski definition) is 1. The van der Waals surface area contributed by atoms with Gasteiger partial charge in [-0.25, -0.2) is 13.6 Å². The number of anilines is 1. The topological polar surface area (TPSA) is 64.6 Å². The molecule has 0 saturated heterocycles. The lowest BCUT2D eigenvalue weighted by Gasteiger charge is -2.06. The van der Waals surface area contributed by atoms with Gasteiger partial charge in [-0.15, -0.1) is 0 Å². The Bertz CT molecular complexity index is 838. The SMILES string of the molecule is O=C(COC(=O)/C=C/c1ccc(OC(F)F)cc1)Nc1ccc(F)cc1F. The van der Waals surface area contributed by atoms with Crippen LogP contribution in [-0.4, -0.2) is 25.1 Å². The molecule has 27 heavy (non-hydrogen) atoms. The van der Waals surface area contributed by atoms with Crippen molar-refractivity contribution in [2.24, 2.45) is 0 Å². The van der Waals surface area contributed by atoms with Gasteiger partial charge >= 0.3 is 12.6 Å². The average Bonchev–Trinajstić information content (AvgIpc) is 2.61. The number of esters is 1. The second-order valence-electron chi connectivity index (χ2n) is 5.06. The number of carbonyl (C=O) groups excluding carboxylic acids is 2. The molecule has 0 fully saturated rings. The summed E-state index contributed by atoms with van der Waals surface area (Å²) in [6.45, 7) is -3.61. The Morgan fingerprint density at radius 3 is 2.41 bits per heavy atom. The van der Waals surface area contributed by atoms with E-state index in [0.717, 1.165) is 18.2 Å². The van der Waals surface area contributed by atoms with Crippen molar-refractivity contribution >= 4 is 23.6 Å². The number of benzene rings is 2. The van der Waals surface area contributed by atoms with Gasteiger partial charge in [-0.2, -0.15) is 8.78 Å². The van der Waals surface area contributed by atoms with Crippen LogP contribution in [0.15, 0.2) is 48.5 Å². The van der Waals surface area contributed by atoms with Gasteiger partial charge in [0, 0.05) is 12.1 Å². The molecule has 0 heterocycles. The maximum absolute atomic E-state index is 13.4. The zero-order chi connectivity index (χ0) is 19.8. The molecule has 142 valence electrons. The summed E-state index contributed by atoms with van der Waals surface area (Å²) in [5, 5.41) is 2.13. The van der Waals surface area contributed by atoms with Gasteiger partial charge in [-0.05, 0) is 35.9 Å². The number of alkyl halides is 2. The van der Waals surface area contributed by atoms with Crippen molar-refractivity contribution in [3.05, 3.63) is 65.7 Å². The lowest BCUT2D eigenvalue weighted by molar-refractivity contribution is -0.142. The van der Waals surface area contributed by atoms with Gasteiger partial charge in [-0.3, -0.25) is 4.79 Å². The van der Waals surface area contributed by atoms with Crippen LogP contribution < -0.4 is 10.1 Å². The molecule has 0 bridgehead atoms. The predicted molar refractivity (Wildman–Crippen MR) is 88.1 cm³/mol. The molecule has 5 nitrogen and oxygen atoms in total. The molecule has 0 aliphatic carbocycles. The molecular weight excluding hydrogens is 370 g/mol. The maximum atomic E-state index is 13.4. The molecule has 0 aliphatic heterocycles. The molecule has 0 radical (unpaired) electrons.